The largest absolute Gasteiger partial charge is 0.362 e. The normalized spacial score (nSPS) is 12.2. The zero-order chi connectivity index (χ0) is 12.0. The molecule has 88 valence electrons. The highest BCUT2D eigenvalue weighted by Gasteiger charge is 2.17. The lowest BCUT2D eigenvalue weighted by molar-refractivity contribution is -0.0674. The Morgan fingerprint density at radius 2 is 2.44 bits per heavy atom. The van der Waals surface area contributed by atoms with Gasteiger partial charge >= 0.3 is 0 Å². The van der Waals surface area contributed by atoms with E-state index in [0.29, 0.717) is 12.2 Å². The van der Waals surface area contributed by atoms with E-state index in [1.54, 1.807) is 25.1 Å². The van der Waals surface area contributed by atoms with Crippen LogP contribution in [0.2, 0.25) is 0 Å². The lowest BCUT2D eigenvalue weighted by Gasteiger charge is -2.10. The summed E-state index contributed by atoms with van der Waals surface area (Å²) in [4.78, 5) is 11.7. The van der Waals surface area contributed by atoms with Gasteiger partial charge in [-0.05, 0) is 19.1 Å². The number of hydrogen-bond donors (Lipinski definition) is 2. The molecule has 0 saturated carbocycles. The van der Waals surface area contributed by atoms with Crippen LogP contribution in [0.15, 0.2) is 24.3 Å². The molecule has 0 spiro atoms. The molecule has 1 unspecified atom stereocenters. The van der Waals surface area contributed by atoms with E-state index < -0.39 is 12.1 Å². The van der Waals surface area contributed by atoms with E-state index in [1.807, 2.05) is 6.07 Å². The van der Waals surface area contributed by atoms with Crippen molar-refractivity contribution in [3.8, 4) is 0 Å². The van der Waals surface area contributed by atoms with Crippen molar-refractivity contribution in [2.75, 3.05) is 11.3 Å². The molecule has 1 rings (SSSR count). The van der Waals surface area contributed by atoms with Crippen LogP contribution in [0.4, 0.5) is 5.69 Å². The Morgan fingerprint density at radius 1 is 1.69 bits per heavy atom. The van der Waals surface area contributed by atoms with E-state index in [1.165, 1.54) is 9.12 Å². The molecule has 0 aliphatic carbocycles. The van der Waals surface area contributed by atoms with Gasteiger partial charge in [0.1, 0.15) is 0 Å². The number of rotatable bonds is 6. The molecule has 0 aliphatic heterocycles. The lowest BCUT2D eigenvalue weighted by atomic mass is 10.1. The van der Waals surface area contributed by atoms with Gasteiger partial charge in [-0.3, -0.25) is 4.79 Å². The summed E-state index contributed by atoms with van der Waals surface area (Å²) in [6, 6.07) is 6.92. The number of benzene rings is 1. The molecule has 0 amide bonds. The number of ketones is 1. The molecular weight excluding hydrogens is 341 g/mol. The highest BCUT2D eigenvalue weighted by molar-refractivity contribution is 14.2. The minimum Gasteiger partial charge on any atom is -0.362 e. The van der Waals surface area contributed by atoms with Gasteiger partial charge in [0, 0.05) is 48.2 Å². The van der Waals surface area contributed by atoms with Gasteiger partial charge in [0.2, 0.25) is 12.1 Å². The molecule has 0 aliphatic rings. The van der Waals surface area contributed by atoms with Crippen LogP contribution < -0.4 is 4.72 Å². The molecule has 0 radical (unpaired) electrons. The van der Waals surface area contributed by atoms with E-state index in [0.717, 1.165) is 5.69 Å². The Hall–Kier alpha value is -0.310. The third kappa shape index (κ3) is 3.93. The average Bonchev–Trinajstić information content (AvgIpc) is 2.29. The van der Waals surface area contributed by atoms with Gasteiger partial charge in [-0.2, -0.15) is 0 Å². The van der Waals surface area contributed by atoms with E-state index in [2.05, 4.69) is 25.9 Å². The number of aliphatic hydroxyl groups is 1. The minimum absolute atomic E-state index is 0.300. The quantitative estimate of drug-likeness (QED) is 0.356. The summed E-state index contributed by atoms with van der Waals surface area (Å²) in [7, 11) is 1.41. The molecule has 6 heteroatoms. The molecule has 0 saturated heterocycles. The number of halogens is 1. The van der Waals surface area contributed by atoms with E-state index in [4.69, 9.17) is 4.74 Å². The van der Waals surface area contributed by atoms with Gasteiger partial charge in [0.05, 0.1) is 0 Å². The number of aliphatic hydroxyl groups excluding tert-OH is 1. The molecule has 2 N–H and O–H groups in total. The summed E-state index contributed by atoms with van der Waals surface area (Å²) < 4.78 is 7.84. The highest BCUT2D eigenvalue weighted by atomic mass is 127. The fourth-order valence-corrected chi connectivity index (χ4v) is 2.14. The van der Waals surface area contributed by atoms with Crippen molar-refractivity contribution in [3.63, 3.8) is 0 Å². The van der Waals surface area contributed by atoms with Crippen molar-refractivity contribution in [1.82, 2.24) is 0 Å². The van der Waals surface area contributed by atoms with Crippen LogP contribution in [-0.2, 0) is 4.74 Å². The highest BCUT2D eigenvalue weighted by Crippen LogP contribution is 2.19. The second-order valence-electron chi connectivity index (χ2n) is 2.93. The number of anilines is 1. The Labute approximate surface area is 110 Å². The Kier molecular flexibility index (Phi) is 6.10. The summed E-state index contributed by atoms with van der Waals surface area (Å²) in [5.41, 5.74) is 1.24. The molecule has 16 heavy (non-hydrogen) atoms. The van der Waals surface area contributed by atoms with E-state index in [9.17, 15) is 9.90 Å². The molecule has 0 bridgehead atoms. The molecular formula is C10H12INO3S. The third-order valence-corrected chi connectivity index (χ3v) is 2.83. The second kappa shape index (κ2) is 7.10. The summed E-state index contributed by atoms with van der Waals surface area (Å²) in [6.45, 7) is 2.02. The first-order valence-corrected chi connectivity index (χ1v) is 8.02. The fourth-order valence-electron chi connectivity index (χ4n) is 1.16. The third-order valence-electron chi connectivity index (χ3n) is 1.85. The maximum Gasteiger partial charge on any atom is 0.220 e. The molecule has 1 atom stereocenters. The smallest absolute Gasteiger partial charge is 0.220 e. The second-order valence-corrected chi connectivity index (χ2v) is 4.61. The van der Waals surface area contributed by atoms with Crippen molar-refractivity contribution < 1.29 is 14.6 Å². The molecule has 0 fully saturated rings. The summed E-state index contributed by atoms with van der Waals surface area (Å²) in [6.07, 6.45) is -1.38. The monoisotopic (exact) mass is 353 g/mol. The number of carbonyl (C=O) groups is 1. The van der Waals surface area contributed by atoms with Crippen LogP contribution in [0.25, 0.3) is 0 Å². The maximum atomic E-state index is 11.7. The topological polar surface area (TPSA) is 58.6 Å². The predicted octanol–water partition coefficient (Wildman–Crippen LogP) is 2.63. The van der Waals surface area contributed by atoms with Gasteiger partial charge in [0.15, 0.2) is 0 Å². The fraction of sp³-hybridized carbons (Fsp3) is 0.300. The van der Waals surface area contributed by atoms with Crippen LogP contribution in [0.1, 0.15) is 17.3 Å². The first-order chi connectivity index (χ1) is 7.69. The number of Topliss-reactive ketones (excluding diaryl/α,β-unsaturated/α-hetero) is 1. The maximum absolute atomic E-state index is 11.7. The van der Waals surface area contributed by atoms with Crippen LogP contribution >= 0.6 is 30.3 Å². The van der Waals surface area contributed by atoms with Crippen LogP contribution in [0.5, 0.6) is 0 Å². The summed E-state index contributed by atoms with van der Waals surface area (Å²) >= 11 is 2.09. The molecule has 1 aromatic carbocycles. The molecule has 1 aromatic rings. The summed E-state index contributed by atoms with van der Waals surface area (Å²) in [5.74, 6) is -0.427. The predicted molar refractivity (Wildman–Crippen MR) is 73.6 cm³/mol. The van der Waals surface area contributed by atoms with Gasteiger partial charge in [-0.1, -0.05) is 12.1 Å². The van der Waals surface area contributed by atoms with Gasteiger partial charge in [-0.15, -0.1) is 0 Å². The molecule has 4 nitrogen and oxygen atoms in total. The Bertz CT molecular complexity index is 362. The van der Waals surface area contributed by atoms with Crippen molar-refractivity contribution in [1.29, 1.82) is 0 Å². The molecule has 0 aromatic heterocycles. The van der Waals surface area contributed by atoms with Gasteiger partial charge < -0.3 is 14.6 Å². The first kappa shape index (κ1) is 13.8. The van der Waals surface area contributed by atoms with Crippen LogP contribution in [0.3, 0.4) is 0 Å². The van der Waals surface area contributed by atoms with Crippen LogP contribution in [0, 0.1) is 0 Å². The van der Waals surface area contributed by atoms with Gasteiger partial charge in [0.25, 0.3) is 0 Å². The number of nitrogens with one attached hydrogen (secondary N) is 1. The lowest BCUT2D eigenvalue weighted by Crippen LogP contribution is -2.23. The SMILES string of the molecule is CCOC(O)C(=O)c1cccc(NSI)c1. The Balaban J connectivity index is 2.78. The van der Waals surface area contributed by atoms with Crippen molar-refractivity contribution in [2.45, 2.75) is 13.2 Å². The minimum atomic E-state index is -1.38. The Morgan fingerprint density at radius 3 is 3.06 bits per heavy atom. The number of carbonyl (C=O) groups excluding carboxylic acids is 1. The zero-order valence-corrected chi connectivity index (χ0v) is 11.6. The zero-order valence-electron chi connectivity index (χ0n) is 8.64. The summed E-state index contributed by atoms with van der Waals surface area (Å²) in [5, 5.41) is 9.39. The van der Waals surface area contributed by atoms with E-state index in [-0.39, 0.29) is 0 Å². The standard InChI is InChI=1S/C10H12INO3S/c1-2-15-10(14)9(13)7-4-3-5-8(6-7)12-16-11/h3-6,10,12,14H,2H2,1H3. The first-order valence-electron chi connectivity index (χ1n) is 4.66. The van der Waals surface area contributed by atoms with E-state index >= 15 is 0 Å². The van der Waals surface area contributed by atoms with Crippen molar-refractivity contribution in [2.24, 2.45) is 0 Å². The number of hydrogen-bond acceptors (Lipinski definition) is 5. The van der Waals surface area contributed by atoms with Gasteiger partial charge in [-0.25, -0.2) is 0 Å². The average molecular weight is 353 g/mol. The van der Waals surface area contributed by atoms with Crippen molar-refractivity contribution in [3.05, 3.63) is 29.8 Å². The molecule has 0 heterocycles. The number of ether oxygens (including phenoxy) is 1. The van der Waals surface area contributed by atoms with Crippen molar-refractivity contribution >= 4 is 41.8 Å². The van der Waals surface area contributed by atoms with Crippen LogP contribution in [-0.4, -0.2) is 23.8 Å².